The zero-order chi connectivity index (χ0) is 37.9. The highest BCUT2D eigenvalue weighted by Crippen LogP contribution is 2.47. The molecule has 5 unspecified atom stereocenters. The standard InChI is InChI=1S/C39H50N6O7S/c1-23-30(51-6)15-14-27-31(21-33(40-34(23)27)45-18-16-32(42-45)38(2,3)4)52-25-19-28-29(20-25)36(47)44(5)17-10-8-7-9-11-24-22-39(24,41-35(28)46)37(48)43-53(49,50)26-12-13-26/h9,11,14-16,18,21,24-26,28-29H,7-8,10,12-13,17,19-20,22H2,1-6H3,(H,41,46)(H,43,48)/b11-9+. The number of carbonyl (C=O) groups is 3. The molecule has 1 aromatic carbocycles. The van der Waals surface area contributed by atoms with Gasteiger partial charge in [-0.2, -0.15) is 5.10 Å². The Hall–Kier alpha value is -4.46. The zero-order valence-corrected chi connectivity index (χ0v) is 32.2. The summed E-state index contributed by atoms with van der Waals surface area (Å²) in [5, 5.41) is 7.94. The van der Waals surface area contributed by atoms with Crippen molar-refractivity contribution in [1.82, 2.24) is 29.7 Å². The first-order valence-corrected chi connectivity index (χ1v) is 20.2. The lowest BCUT2D eigenvalue weighted by atomic mass is 9.93. The van der Waals surface area contributed by atoms with E-state index in [1.165, 1.54) is 0 Å². The van der Waals surface area contributed by atoms with E-state index in [1.807, 2.05) is 49.5 Å². The van der Waals surface area contributed by atoms with Crippen LogP contribution < -0.4 is 19.5 Å². The van der Waals surface area contributed by atoms with Gasteiger partial charge in [0, 0.05) is 48.1 Å². The van der Waals surface area contributed by atoms with Crippen molar-refractivity contribution in [2.75, 3.05) is 20.7 Å². The Morgan fingerprint density at radius 2 is 1.83 bits per heavy atom. The number of amides is 3. The van der Waals surface area contributed by atoms with Crippen LogP contribution in [-0.4, -0.2) is 83.4 Å². The van der Waals surface area contributed by atoms with Gasteiger partial charge in [0.05, 0.1) is 35.4 Å². The normalized spacial score (nSPS) is 27.3. The molecule has 3 aliphatic carbocycles. The number of benzene rings is 1. The summed E-state index contributed by atoms with van der Waals surface area (Å²) < 4.78 is 42.0. The van der Waals surface area contributed by atoms with Gasteiger partial charge in [0.15, 0.2) is 5.82 Å². The van der Waals surface area contributed by atoms with Crippen molar-refractivity contribution in [2.45, 2.75) is 101 Å². The maximum atomic E-state index is 14.3. The minimum atomic E-state index is -3.83. The van der Waals surface area contributed by atoms with E-state index in [1.54, 1.807) is 23.7 Å². The number of carbonyl (C=O) groups excluding carboxylic acids is 3. The monoisotopic (exact) mass is 746 g/mol. The lowest BCUT2D eigenvalue weighted by Gasteiger charge is -2.26. The predicted octanol–water partition coefficient (Wildman–Crippen LogP) is 4.49. The molecular formula is C39H50N6O7S. The van der Waals surface area contributed by atoms with Crippen molar-refractivity contribution in [3.63, 3.8) is 0 Å². The number of allylic oxidation sites excluding steroid dienone is 1. The average molecular weight is 747 g/mol. The quantitative estimate of drug-likeness (QED) is 0.332. The van der Waals surface area contributed by atoms with E-state index in [-0.39, 0.29) is 36.5 Å². The Morgan fingerprint density at radius 1 is 1.08 bits per heavy atom. The van der Waals surface area contributed by atoms with Gasteiger partial charge in [0.25, 0.3) is 5.91 Å². The van der Waals surface area contributed by atoms with Crippen LogP contribution in [0.15, 0.2) is 42.6 Å². The Morgan fingerprint density at radius 3 is 2.53 bits per heavy atom. The summed E-state index contributed by atoms with van der Waals surface area (Å²) in [4.78, 5) is 48.7. The van der Waals surface area contributed by atoms with Crippen LogP contribution in [0.5, 0.6) is 11.5 Å². The number of methoxy groups -OCH3 is 1. The lowest BCUT2D eigenvalue weighted by molar-refractivity contribution is -0.140. The highest BCUT2D eigenvalue weighted by molar-refractivity contribution is 7.91. The fourth-order valence-corrected chi connectivity index (χ4v) is 9.09. The van der Waals surface area contributed by atoms with Crippen LogP contribution in [0.2, 0.25) is 0 Å². The van der Waals surface area contributed by atoms with Crippen molar-refractivity contribution in [2.24, 2.45) is 17.8 Å². The summed E-state index contributed by atoms with van der Waals surface area (Å²) in [5.74, 6) is -1.43. The molecular weight excluding hydrogens is 697 g/mol. The Labute approximate surface area is 310 Å². The maximum absolute atomic E-state index is 14.3. The number of aromatic nitrogens is 3. The number of nitrogens with zero attached hydrogens (tertiary/aromatic N) is 4. The molecule has 14 heteroatoms. The fourth-order valence-electron chi connectivity index (χ4n) is 7.72. The van der Waals surface area contributed by atoms with Gasteiger partial charge in [0.2, 0.25) is 21.8 Å². The summed E-state index contributed by atoms with van der Waals surface area (Å²) in [7, 11) is -0.460. The Balaban J connectivity index is 1.21. The van der Waals surface area contributed by atoms with Gasteiger partial charge in [-0.3, -0.25) is 19.1 Å². The minimum absolute atomic E-state index is 0.155. The van der Waals surface area contributed by atoms with E-state index in [0.717, 1.165) is 35.9 Å². The second-order valence-electron chi connectivity index (χ2n) is 16.2. The number of fused-ring (bicyclic) bond motifs is 3. The van der Waals surface area contributed by atoms with Crippen LogP contribution in [0.4, 0.5) is 0 Å². The fraction of sp³-hybridized carbons (Fsp3) is 0.564. The molecule has 4 aliphatic rings. The second-order valence-corrected chi connectivity index (χ2v) is 18.2. The minimum Gasteiger partial charge on any atom is -0.496 e. The van der Waals surface area contributed by atoms with Gasteiger partial charge in [-0.05, 0) is 76.5 Å². The third-order valence-electron chi connectivity index (χ3n) is 11.2. The molecule has 3 aromatic rings. The topological polar surface area (TPSA) is 162 Å². The third kappa shape index (κ3) is 7.26. The van der Waals surface area contributed by atoms with E-state index in [0.29, 0.717) is 42.2 Å². The van der Waals surface area contributed by atoms with E-state index < -0.39 is 50.6 Å². The number of aryl methyl sites for hydroxylation is 1. The largest absolute Gasteiger partial charge is 0.496 e. The molecule has 13 nitrogen and oxygen atoms in total. The molecule has 2 aromatic heterocycles. The highest BCUT2D eigenvalue weighted by atomic mass is 32.2. The molecule has 0 radical (unpaired) electrons. The van der Waals surface area contributed by atoms with Crippen molar-refractivity contribution in [3.8, 4) is 17.3 Å². The molecule has 3 heterocycles. The average Bonchev–Trinajstić information content (AvgIpc) is 3.98. The smallest absolute Gasteiger partial charge is 0.259 e. The van der Waals surface area contributed by atoms with Gasteiger partial charge in [-0.1, -0.05) is 32.9 Å². The van der Waals surface area contributed by atoms with Gasteiger partial charge < -0.3 is 19.7 Å². The molecule has 2 N–H and O–H groups in total. The van der Waals surface area contributed by atoms with Gasteiger partial charge in [0.1, 0.15) is 23.1 Å². The van der Waals surface area contributed by atoms with E-state index in [2.05, 4.69) is 30.8 Å². The molecule has 3 saturated carbocycles. The van der Waals surface area contributed by atoms with Crippen LogP contribution in [0.3, 0.4) is 0 Å². The number of rotatable bonds is 7. The van der Waals surface area contributed by atoms with Crippen LogP contribution in [0, 0.1) is 24.7 Å². The number of sulfonamides is 1. The van der Waals surface area contributed by atoms with Crippen molar-refractivity contribution >= 4 is 38.6 Å². The molecule has 0 bridgehead atoms. The van der Waals surface area contributed by atoms with Crippen LogP contribution in [-0.2, 0) is 29.8 Å². The van der Waals surface area contributed by atoms with Gasteiger partial charge >= 0.3 is 0 Å². The van der Waals surface area contributed by atoms with Gasteiger partial charge in [-0.25, -0.2) is 18.1 Å². The van der Waals surface area contributed by atoms with Crippen LogP contribution >= 0.6 is 0 Å². The van der Waals surface area contributed by atoms with Crippen molar-refractivity contribution in [1.29, 1.82) is 0 Å². The summed E-state index contributed by atoms with van der Waals surface area (Å²) in [5.41, 5.74) is 0.835. The molecule has 1 aliphatic heterocycles. The number of hydrogen-bond acceptors (Lipinski definition) is 9. The maximum Gasteiger partial charge on any atom is 0.259 e. The molecule has 0 spiro atoms. The second kappa shape index (κ2) is 13.7. The SMILES string of the molecule is COc1ccc2c(OC3CC4C(=O)NC5(C(=O)NS(=O)(=O)C6CC6)CC5/C=C/CCCCN(C)C(=O)C4C3)cc(-n3ccc(C(C)(C)C)n3)nc2c1C. The molecule has 0 saturated heterocycles. The highest BCUT2D eigenvalue weighted by Gasteiger charge is 2.62. The predicted molar refractivity (Wildman–Crippen MR) is 199 cm³/mol. The molecule has 5 atom stereocenters. The lowest BCUT2D eigenvalue weighted by Crippen LogP contribution is -2.54. The van der Waals surface area contributed by atoms with Crippen molar-refractivity contribution < 1.29 is 32.3 Å². The van der Waals surface area contributed by atoms with E-state index in [9.17, 15) is 22.8 Å². The molecule has 284 valence electrons. The first-order valence-electron chi connectivity index (χ1n) is 18.6. The first-order chi connectivity index (χ1) is 25.1. The molecule has 3 amide bonds. The summed E-state index contributed by atoms with van der Waals surface area (Å²) >= 11 is 0. The molecule has 3 fully saturated rings. The first kappa shape index (κ1) is 36.9. The Kier molecular flexibility index (Phi) is 9.57. The van der Waals surface area contributed by atoms with Crippen molar-refractivity contribution in [3.05, 3.63) is 53.9 Å². The third-order valence-corrected chi connectivity index (χ3v) is 13.1. The van der Waals surface area contributed by atoms with E-state index in [4.69, 9.17) is 19.6 Å². The number of nitrogens with one attached hydrogen (secondary N) is 2. The van der Waals surface area contributed by atoms with Crippen LogP contribution in [0.1, 0.15) is 83.4 Å². The van der Waals surface area contributed by atoms with E-state index >= 15 is 0 Å². The summed E-state index contributed by atoms with van der Waals surface area (Å²) in [6, 6.07) is 7.56. The van der Waals surface area contributed by atoms with Gasteiger partial charge in [-0.15, -0.1) is 0 Å². The Bertz CT molecular complexity index is 2080. The zero-order valence-electron chi connectivity index (χ0n) is 31.3. The van der Waals surface area contributed by atoms with Crippen LogP contribution in [0.25, 0.3) is 16.7 Å². The molecule has 53 heavy (non-hydrogen) atoms. The molecule has 7 rings (SSSR count). The number of hydrogen-bond donors (Lipinski definition) is 2. The number of ether oxygens (including phenoxy) is 2. The number of pyridine rings is 1. The summed E-state index contributed by atoms with van der Waals surface area (Å²) in [6.07, 6.45) is 9.41. The summed E-state index contributed by atoms with van der Waals surface area (Å²) in [6.45, 7) is 8.77.